The van der Waals surface area contributed by atoms with E-state index in [0.29, 0.717) is 18.7 Å². The molecule has 1 aromatic rings. The maximum atomic E-state index is 11.5. The second kappa shape index (κ2) is 7.68. The molecule has 6 nitrogen and oxygen atoms in total. The van der Waals surface area contributed by atoms with E-state index in [-0.39, 0.29) is 0 Å². The van der Waals surface area contributed by atoms with Gasteiger partial charge in [0.2, 0.25) is 0 Å². The van der Waals surface area contributed by atoms with Gasteiger partial charge in [0.05, 0.1) is 0 Å². The Kier molecular flexibility index (Phi) is 6.22. The van der Waals surface area contributed by atoms with E-state index in [1.165, 1.54) is 4.90 Å². The van der Waals surface area contributed by atoms with Crippen molar-refractivity contribution < 1.29 is 19.1 Å². The molecule has 6 heteroatoms. The molecule has 0 unspecified atom stereocenters. The third-order valence-corrected chi connectivity index (χ3v) is 2.58. The summed E-state index contributed by atoms with van der Waals surface area (Å²) >= 11 is 0. The van der Waals surface area contributed by atoms with E-state index in [0.717, 1.165) is 5.56 Å². The number of carbonyl (C=O) groups excluding carboxylic acids is 2. The predicted octanol–water partition coefficient (Wildman–Crippen LogP) is 2.81. The van der Waals surface area contributed by atoms with Gasteiger partial charge in [0, 0.05) is 20.6 Å². The molecule has 0 saturated carbocycles. The quantitative estimate of drug-likeness (QED) is 0.928. The van der Waals surface area contributed by atoms with E-state index in [2.05, 4.69) is 5.32 Å². The van der Waals surface area contributed by atoms with Crippen LogP contribution in [0, 0.1) is 0 Å². The summed E-state index contributed by atoms with van der Waals surface area (Å²) < 4.78 is 10.3. The van der Waals surface area contributed by atoms with Crippen molar-refractivity contribution in [3.05, 3.63) is 29.8 Å². The Labute approximate surface area is 131 Å². The minimum atomic E-state index is -0.498. The van der Waals surface area contributed by atoms with Crippen LogP contribution in [-0.4, -0.2) is 43.3 Å². The van der Waals surface area contributed by atoms with Gasteiger partial charge in [-0.3, -0.25) is 0 Å². The first-order valence-electron chi connectivity index (χ1n) is 7.12. The zero-order chi connectivity index (χ0) is 16.8. The number of hydrogen-bond donors (Lipinski definition) is 1. The van der Waals surface area contributed by atoms with E-state index < -0.39 is 17.8 Å². The van der Waals surface area contributed by atoms with Gasteiger partial charge in [0.25, 0.3) is 0 Å². The number of amides is 2. The van der Waals surface area contributed by atoms with Gasteiger partial charge in [0.1, 0.15) is 11.4 Å². The van der Waals surface area contributed by atoms with Crippen LogP contribution >= 0.6 is 0 Å². The van der Waals surface area contributed by atoms with Gasteiger partial charge in [-0.1, -0.05) is 12.1 Å². The zero-order valence-corrected chi connectivity index (χ0v) is 13.8. The second-order valence-electron chi connectivity index (χ2n) is 6.09. The summed E-state index contributed by atoms with van der Waals surface area (Å²) in [6.45, 7) is 5.94. The molecule has 1 rings (SSSR count). The molecule has 0 aromatic heterocycles. The SMILES string of the molecule is CN(C)C(=O)Oc1ccc(CCNC(=O)OC(C)(C)C)cc1. The Balaban J connectivity index is 2.39. The van der Waals surface area contributed by atoms with Gasteiger partial charge >= 0.3 is 12.2 Å². The number of nitrogens with zero attached hydrogens (tertiary/aromatic N) is 1. The van der Waals surface area contributed by atoms with Crippen LogP contribution in [0.25, 0.3) is 0 Å². The van der Waals surface area contributed by atoms with E-state index in [1.807, 2.05) is 32.9 Å². The van der Waals surface area contributed by atoms with Gasteiger partial charge in [-0.2, -0.15) is 0 Å². The molecule has 122 valence electrons. The lowest BCUT2D eigenvalue weighted by Crippen LogP contribution is -2.33. The molecule has 0 fully saturated rings. The molecule has 1 N–H and O–H groups in total. The monoisotopic (exact) mass is 308 g/mol. The van der Waals surface area contributed by atoms with Crippen molar-refractivity contribution in [1.29, 1.82) is 0 Å². The molecular formula is C16H24N2O4. The lowest BCUT2D eigenvalue weighted by molar-refractivity contribution is 0.0528. The van der Waals surface area contributed by atoms with Crippen LogP contribution in [0.15, 0.2) is 24.3 Å². The molecule has 0 spiro atoms. The standard InChI is InChI=1S/C16H24N2O4/c1-16(2,3)22-14(19)17-11-10-12-6-8-13(9-7-12)21-15(20)18(4)5/h6-9H,10-11H2,1-5H3,(H,17,19). The summed E-state index contributed by atoms with van der Waals surface area (Å²) in [5, 5.41) is 2.70. The van der Waals surface area contributed by atoms with Gasteiger partial charge in [-0.05, 0) is 44.9 Å². The number of carbonyl (C=O) groups is 2. The fourth-order valence-electron chi connectivity index (χ4n) is 1.54. The van der Waals surface area contributed by atoms with Crippen molar-refractivity contribution in [3.8, 4) is 5.75 Å². The van der Waals surface area contributed by atoms with Crippen LogP contribution in [-0.2, 0) is 11.2 Å². The molecule has 0 saturated heterocycles. The maximum Gasteiger partial charge on any atom is 0.414 e. The first kappa shape index (κ1) is 17.8. The predicted molar refractivity (Wildman–Crippen MR) is 84.1 cm³/mol. The van der Waals surface area contributed by atoms with Gasteiger partial charge in [-0.15, -0.1) is 0 Å². The van der Waals surface area contributed by atoms with E-state index in [9.17, 15) is 9.59 Å². The Hall–Kier alpha value is -2.24. The molecule has 1 aromatic carbocycles. The van der Waals surface area contributed by atoms with Gasteiger partial charge in [-0.25, -0.2) is 9.59 Å². The first-order valence-corrected chi connectivity index (χ1v) is 7.12. The Morgan fingerprint density at radius 3 is 2.23 bits per heavy atom. The molecule has 0 aliphatic carbocycles. The van der Waals surface area contributed by atoms with Crippen molar-refractivity contribution in [2.75, 3.05) is 20.6 Å². The Bertz CT molecular complexity index is 504. The van der Waals surface area contributed by atoms with Gasteiger partial charge in [0.15, 0.2) is 0 Å². The number of alkyl carbamates (subject to hydrolysis) is 1. The van der Waals surface area contributed by atoms with Crippen LogP contribution in [0.3, 0.4) is 0 Å². The molecule has 0 radical (unpaired) electrons. The first-order chi connectivity index (χ1) is 10.2. The lowest BCUT2D eigenvalue weighted by Gasteiger charge is -2.19. The van der Waals surface area contributed by atoms with Crippen LogP contribution in [0.2, 0.25) is 0 Å². The smallest absolute Gasteiger partial charge is 0.414 e. The van der Waals surface area contributed by atoms with Crippen molar-refractivity contribution in [3.63, 3.8) is 0 Å². The van der Waals surface area contributed by atoms with Crippen LogP contribution in [0.5, 0.6) is 5.75 Å². The largest absolute Gasteiger partial charge is 0.444 e. The molecule has 0 heterocycles. The minimum Gasteiger partial charge on any atom is -0.444 e. The summed E-state index contributed by atoms with van der Waals surface area (Å²) in [5.74, 6) is 0.488. The number of nitrogens with one attached hydrogen (secondary N) is 1. The lowest BCUT2D eigenvalue weighted by atomic mass is 10.1. The second-order valence-corrected chi connectivity index (χ2v) is 6.09. The molecule has 0 aliphatic rings. The van der Waals surface area contributed by atoms with E-state index in [1.54, 1.807) is 26.2 Å². The van der Waals surface area contributed by atoms with Crippen LogP contribution < -0.4 is 10.1 Å². The normalized spacial score (nSPS) is 10.8. The molecule has 0 bridgehead atoms. The molecule has 0 atom stereocenters. The number of hydrogen-bond acceptors (Lipinski definition) is 4. The molecule has 0 aliphatic heterocycles. The fourth-order valence-corrected chi connectivity index (χ4v) is 1.54. The summed E-state index contributed by atoms with van der Waals surface area (Å²) in [6.07, 6.45) is -0.176. The fraction of sp³-hybridized carbons (Fsp3) is 0.500. The molecule has 2 amide bonds. The third-order valence-electron chi connectivity index (χ3n) is 2.58. The average molecular weight is 308 g/mol. The highest BCUT2D eigenvalue weighted by Gasteiger charge is 2.15. The van der Waals surface area contributed by atoms with Crippen LogP contribution in [0.4, 0.5) is 9.59 Å². The highest BCUT2D eigenvalue weighted by molar-refractivity contribution is 5.70. The number of ether oxygens (including phenoxy) is 2. The Morgan fingerprint density at radius 1 is 1.14 bits per heavy atom. The zero-order valence-electron chi connectivity index (χ0n) is 13.8. The summed E-state index contributed by atoms with van der Waals surface area (Å²) in [4.78, 5) is 24.3. The highest BCUT2D eigenvalue weighted by atomic mass is 16.6. The number of benzene rings is 1. The average Bonchev–Trinajstić information content (AvgIpc) is 2.38. The van der Waals surface area contributed by atoms with Crippen molar-refractivity contribution in [1.82, 2.24) is 10.2 Å². The summed E-state index contributed by atoms with van der Waals surface area (Å²) in [7, 11) is 3.25. The molecule has 22 heavy (non-hydrogen) atoms. The van der Waals surface area contributed by atoms with Crippen molar-refractivity contribution >= 4 is 12.2 Å². The van der Waals surface area contributed by atoms with Gasteiger partial charge < -0.3 is 19.7 Å². The summed E-state index contributed by atoms with van der Waals surface area (Å²) in [5.41, 5.74) is 0.530. The Morgan fingerprint density at radius 2 is 1.73 bits per heavy atom. The van der Waals surface area contributed by atoms with Crippen LogP contribution in [0.1, 0.15) is 26.3 Å². The number of rotatable bonds is 4. The van der Waals surface area contributed by atoms with Crippen molar-refractivity contribution in [2.24, 2.45) is 0 Å². The van der Waals surface area contributed by atoms with E-state index >= 15 is 0 Å². The van der Waals surface area contributed by atoms with E-state index in [4.69, 9.17) is 9.47 Å². The minimum absolute atomic E-state index is 0.417. The topological polar surface area (TPSA) is 67.9 Å². The summed E-state index contributed by atoms with van der Waals surface area (Å²) in [6, 6.07) is 7.17. The highest BCUT2D eigenvalue weighted by Crippen LogP contribution is 2.13. The molecular weight excluding hydrogens is 284 g/mol. The van der Waals surface area contributed by atoms with Crippen molar-refractivity contribution in [2.45, 2.75) is 32.8 Å². The third kappa shape index (κ3) is 6.97. The maximum absolute atomic E-state index is 11.5.